The second-order valence-corrected chi connectivity index (χ2v) is 7.25. The van der Waals surface area contributed by atoms with E-state index in [1.807, 2.05) is 13.8 Å². The maximum absolute atomic E-state index is 12.9. The van der Waals surface area contributed by atoms with E-state index in [2.05, 4.69) is 5.32 Å². The number of carbonyl (C=O) groups excluding carboxylic acids is 1. The van der Waals surface area contributed by atoms with Crippen molar-refractivity contribution in [2.24, 2.45) is 5.92 Å². The van der Waals surface area contributed by atoms with Crippen molar-refractivity contribution in [3.8, 4) is 22.6 Å². The van der Waals surface area contributed by atoms with Crippen LogP contribution in [0.4, 0.5) is 0 Å². The van der Waals surface area contributed by atoms with E-state index >= 15 is 0 Å². The second-order valence-electron chi connectivity index (χ2n) is 7.25. The van der Waals surface area contributed by atoms with Crippen molar-refractivity contribution in [3.63, 3.8) is 0 Å². The normalized spacial score (nSPS) is 12.0. The number of aliphatic hydroxyl groups is 1. The molecule has 1 aromatic heterocycles. The maximum atomic E-state index is 12.9. The lowest BCUT2D eigenvalue weighted by atomic mass is 10.1. The highest BCUT2D eigenvalue weighted by atomic mass is 16.5. The van der Waals surface area contributed by atoms with Crippen LogP contribution in [-0.4, -0.2) is 37.4 Å². The van der Waals surface area contributed by atoms with Gasteiger partial charge >= 0.3 is 0 Å². The number of carbonyl (C=O) groups is 1. The molecule has 0 aliphatic rings. The minimum atomic E-state index is -0.334. The third-order valence-electron chi connectivity index (χ3n) is 4.86. The molecule has 0 bridgehead atoms. The Labute approximate surface area is 174 Å². The number of fused-ring (bicyclic) bond motifs is 1. The van der Waals surface area contributed by atoms with Gasteiger partial charge in [-0.25, -0.2) is 0 Å². The van der Waals surface area contributed by atoms with E-state index in [4.69, 9.17) is 13.9 Å². The molecule has 7 heteroatoms. The fraction of sp³-hybridized carbons (Fsp3) is 0.304. The summed E-state index contributed by atoms with van der Waals surface area (Å²) in [6, 6.07) is 11.6. The van der Waals surface area contributed by atoms with Gasteiger partial charge in [-0.3, -0.25) is 9.59 Å². The van der Waals surface area contributed by atoms with Gasteiger partial charge in [-0.15, -0.1) is 0 Å². The fourth-order valence-corrected chi connectivity index (χ4v) is 2.99. The van der Waals surface area contributed by atoms with Gasteiger partial charge in [0.25, 0.3) is 5.91 Å². The number of amides is 1. The summed E-state index contributed by atoms with van der Waals surface area (Å²) in [4.78, 5) is 24.9. The Hall–Kier alpha value is -3.32. The molecule has 2 aromatic carbocycles. The van der Waals surface area contributed by atoms with Crippen LogP contribution in [0.2, 0.25) is 0 Å². The number of nitrogens with one attached hydrogen (secondary N) is 1. The molecule has 0 saturated heterocycles. The lowest BCUT2D eigenvalue weighted by Crippen LogP contribution is -2.43. The number of benzene rings is 2. The molecule has 30 heavy (non-hydrogen) atoms. The summed E-state index contributed by atoms with van der Waals surface area (Å²) in [5, 5.41) is 12.4. The first-order valence-corrected chi connectivity index (χ1v) is 9.66. The molecule has 1 amide bonds. The first-order chi connectivity index (χ1) is 14.4. The number of rotatable bonds is 8. The number of ether oxygens (including phenoxy) is 2. The Morgan fingerprint density at radius 2 is 1.83 bits per heavy atom. The zero-order chi connectivity index (χ0) is 21.7. The van der Waals surface area contributed by atoms with Gasteiger partial charge in [-0.2, -0.15) is 0 Å². The summed E-state index contributed by atoms with van der Waals surface area (Å²) in [7, 11) is 1.58. The third-order valence-corrected chi connectivity index (χ3v) is 4.86. The lowest BCUT2D eigenvalue weighted by molar-refractivity contribution is -0.124. The molecule has 0 fully saturated rings. The van der Waals surface area contributed by atoms with Crippen LogP contribution in [-0.2, 0) is 4.79 Å². The van der Waals surface area contributed by atoms with Crippen LogP contribution in [0.25, 0.3) is 22.1 Å². The molecule has 0 saturated carbocycles. The Kier molecular flexibility index (Phi) is 6.74. The van der Waals surface area contributed by atoms with E-state index in [0.29, 0.717) is 28.0 Å². The van der Waals surface area contributed by atoms with E-state index in [9.17, 15) is 14.7 Å². The highest BCUT2D eigenvalue weighted by Crippen LogP contribution is 2.24. The molecule has 1 heterocycles. The molecule has 0 radical (unpaired) electrons. The molecule has 3 aromatic rings. The zero-order valence-electron chi connectivity index (χ0n) is 17.2. The van der Waals surface area contributed by atoms with E-state index < -0.39 is 0 Å². The second kappa shape index (κ2) is 9.45. The highest BCUT2D eigenvalue weighted by Gasteiger charge is 2.16. The standard InChI is InChI=1S/C23H25NO6/c1-14(2)20(11-25)24-22(26)13-29-17-8-9-18-21(10-17)30-12-19(23(18)27)15-4-6-16(28-3)7-5-15/h4-10,12,14,20,25H,11,13H2,1-3H3,(H,24,26)/t20-/m1/s1. The van der Waals surface area contributed by atoms with Crippen molar-refractivity contribution in [2.75, 3.05) is 20.3 Å². The minimum absolute atomic E-state index is 0.105. The average Bonchev–Trinajstić information content (AvgIpc) is 2.76. The van der Waals surface area contributed by atoms with Gasteiger partial charge in [-0.1, -0.05) is 26.0 Å². The molecule has 7 nitrogen and oxygen atoms in total. The number of hydrogen-bond acceptors (Lipinski definition) is 6. The summed E-state index contributed by atoms with van der Waals surface area (Å²) in [5.74, 6) is 0.879. The van der Waals surface area contributed by atoms with Crippen LogP contribution >= 0.6 is 0 Å². The SMILES string of the molecule is COc1ccc(-c2coc3cc(OCC(=O)N[C@H](CO)C(C)C)ccc3c2=O)cc1. The summed E-state index contributed by atoms with van der Waals surface area (Å²) in [6.07, 6.45) is 1.41. The third kappa shape index (κ3) is 4.80. The van der Waals surface area contributed by atoms with Gasteiger partial charge in [0.2, 0.25) is 0 Å². The maximum Gasteiger partial charge on any atom is 0.258 e. The van der Waals surface area contributed by atoms with Crippen molar-refractivity contribution in [1.82, 2.24) is 5.32 Å². The van der Waals surface area contributed by atoms with Gasteiger partial charge in [0.05, 0.1) is 30.7 Å². The zero-order valence-corrected chi connectivity index (χ0v) is 17.2. The Bertz CT molecular complexity index is 1070. The molecule has 0 spiro atoms. The number of hydrogen-bond donors (Lipinski definition) is 2. The largest absolute Gasteiger partial charge is 0.497 e. The summed E-state index contributed by atoms with van der Waals surface area (Å²) < 4.78 is 16.3. The topological polar surface area (TPSA) is 98.0 Å². The van der Waals surface area contributed by atoms with Gasteiger partial charge in [0.15, 0.2) is 12.0 Å². The van der Waals surface area contributed by atoms with Crippen molar-refractivity contribution in [1.29, 1.82) is 0 Å². The molecule has 0 aliphatic carbocycles. The Balaban J connectivity index is 1.75. The lowest BCUT2D eigenvalue weighted by Gasteiger charge is -2.19. The molecular formula is C23H25NO6. The van der Waals surface area contributed by atoms with E-state index in [1.165, 1.54) is 6.26 Å². The first-order valence-electron chi connectivity index (χ1n) is 9.66. The summed E-state index contributed by atoms with van der Waals surface area (Å²) in [5.41, 5.74) is 1.38. The predicted molar refractivity (Wildman–Crippen MR) is 114 cm³/mol. The first kappa shape index (κ1) is 21.4. The number of methoxy groups -OCH3 is 1. The highest BCUT2D eigenvalue weighted by molar-refractivity contribution is 5.83. The quantitative estimate of drug-likeness (QED) is 0.591. The number of aliphatic hydroxyl groups excluding tert-OH is 1. The van der Waals surface area contributed by atoms with Crippen molar-refractivity contribution in [2.45, 2.75) is 19.9 Å². The molecule has 2 N–H and O–H groups in total. The average molecular weight is 411 g/mol. The van der Waals surface area contributed by atoms with Crippen molar-refractivity contribution >= 4 is 16.9 Å². The van der Waals surface area contributed by atoms with Crippen molar-refractivity contribution < 1.29 is 23.8 Å². The molecule has 158 valence electrons. The van der Waals surface area contributed by atoms with Crippen LogP contribution in [0.15, 0.2) is 57.9 Å². The fourth-order valence-electron chi connectivity index (χ4n) is 2.99. The van der Waals surface area contributed by atoms with Gasteiger partial charge < -0.3 is 24.3 Å². The molecule has 3 rings (SSSR count). The smallest absolute Gasteiger partial charge is 0.258 e. The van der Waals surface area contributed by atoms with Crippen LogP contribution < -0.4 is 20.2 Å². The van der Waals surface area contributed by atoms with E-state index in [1.54, 1.807) is 49.6 Å². The van der Waals surface area contributed by atoms with Gasteiger partial charge in [-0.05, 0) is 35.7 Å². The summed E-state index contributed by atoms with van der Waals surface area (Å²) in [6.45, 7) is 3.48. The van der Waals surface area contributed by atoms with Gasteiger partial charge in [0, 0.05) is 6.07 Å². The van der Waals surface area contributed by atoms with E-state index in [-0.39, 0.29) is 36.5 Å². The van der Waals surface area contributed by atoms with Crippen LogP contribution in [0.3, 0.4) is 0 Å². The van der Waals surface area contributed by atoms with E-state index in [0.717, 1.165) is 5.56 Å². The van der Waals surface area contributed by atoms with Crippen LogP contribution in [0.5, 0.6) is 11.5 Å². The monoisotopic (exact) mass is 411 g/mol. The molecule has 0 aliphatic heterocycles. The van der Waals surface area contributed by atoms with Crippen LogP contribution in [0, 0.1) is 5.92 Å². The molecule has 1 atom stereocenters. The van der Waals surface area contributed by atoms with Crippen molar-refractivity contribution in [3.05, 3.63) is 59.0 Å². The Morgan fingerprint density at radius 3 is 2.47 bits per heavy atom. The predicted octanol–water partition coefficient (Wildman–Crippen LogP) is 2.98. The van der Waals surface area contributed by atoms with Gasteiger partial charge in [0.1, 0.15) is 23.3 Å². The minimum Gasteiger partial charge on any atom is -0.497 e. The molecule has 0 unspecified atom stereocenters. The molecular weight excluding hydrogens is 386 g/mol. The Morgan fingerprint density at radius 1 is 1.13 bits per heavy atom. The van der Waals surface area contributed by atoms with Crippen LogP contribution in [0.1, 0.15) is 13.8 Å². The summed E-state index contributed by atoms with van der Waals surface area (Å²) >= 11 is 0.